The van der Waals surface area contributed by atoms with Crippen LogP contribution in [0.3, 0.4) is 0 Å². The fraction of sp³-hybridized carbons (Fsp3) is 0.133. The van der Waals surface area contributed by atoms with Gasteiger partial charge in [-0.2, -0.15) is 0 Å². The van der Waals surface area contributed by atoms with Crippen molar-refractivity contribution < 1.29 is 18.3 Å². The fourth-order valence-electron chi connectivity index (χ4n) is 1.72. The van der Waals surface area contributed by atoms with Crippen LogP contribution in [0.4, 0.5) is 14.5 Å². The number of ether oxygens (including phenoxy) is 1. The lowest BCUT2D eigenvalue weighted by molar-refractivity contribution is 0.0468. The van der Waals surface area contributed by atoms with Crippen molar-refractivity contribution in [3.05, 3.63) is 64.7 Å². The molecule has 0 heterocycles. The second-order valence-corrected chi connectivity index (χ2v) is 4.39. The average Bonchev–Trinajstić information content (AvgIpc) is 2.40. The molecule has 0 saturated heterocycles. The SMILES string of the molecule is Cc1ccc(N)cc1C(=O)OCc1ccc(F)cc1F. The molecule has 2 aromatic rings. The number of hydrogen-bond acceptors (Lipinski definition) is 3. The van der Waals surface area contributed by atoms with Gasteiger partial charge in [0.05, 0.1) is 5.56 Å². The van der Waals surface area contributed by atoms with Gasteiger partial charge in [0.25, 0.3) is 0 Å². The third-order valence-corrected chi connectivity index (χ3v) is 2.86. The minimum atomic E-state index is -0.748. The van der Waals surface area contributed by atoms with Gasteiger partial charge in [0.15, 0.2) is 0 Å². The van der Waals surface area contributed by atoms with Crippen LogP contribution in [0.15, 0.2) is 36.4 Å². The van der Waals surface area contributed by atoms with Gasteiger partial charge < -0.3 is 10.5 Å². The van der Waals surface area contributed by atoms with E-state index in [1.54, 1.807) is 19.1 Å². The van der Waals surface area contributed by atoms with Gasteiger partial charge in [-0.25, -0.2) is 13.6 Å². The largest absolute Gasteiger partial charge is 0.457 e. The predicted octanol–water partition coefficient (Wildman–Crippen LogP) is 3.21. The van der Waals surface area contributed by atoms with Crippen LogP contribution in [-0.4, -0.2) is 5.97 Å². The summed E-state index contributed by atoms with van der Waals surface area (Å²) in [6.07, 6.45) is 0. The minimum Gasteiger partial charge on any atom is -0.457 e. The molecule has 3 nitrogen and oxygen atoms in total. The Kier molecular flexibility index (Phi) is 3.98. The van der Waals surface area contributed by atoms with Gasteiger partial charge in [-0.15, -0.1) is 0 Å². The van der Waals surface area contributed by atoms with E-state index in [9.17, 15) is 13.6 Å². The van der Waals surface area contributed by atoms with Crippen LogP contribution in [0.5, 0.6) is 0 Å². The Labute approximate surface area is 115 Å². The average molecular weight is 277 g/mol. The molecule has 0 aliphatic rings. The maximum Gasteiger partial charge on any atom is 0.338 e. The van der Waals surface area contributed by atoms with Crippen molar-refractivity contribution in [2.75, 3.05) is 5.73 Å². The van der Waals surface area contributed by atoms with Gasteiger partial charge in [0, 0.05) is 17.3 Å². The molecule has 0 fully saturated rings. The first-order valence-corrected chi connectivity index (χ1v) is 5.94. The van der Waals surface area contributed by atoms with Crippen LogP contribution in [0.25, 0.3) is 0 Å². The zero-order valence-electron chi connectivity index (χ0n) is 10.8. The molecular weight excluding hydrogens is 264 g/mol. The zero-order chi connectivity index (χ0) is 14.7. The van der Waals surface area contributed by atoms with Crippen LogP contribution >= 0.6 is 0 Å². The number of hydrogen-bond donors (Lipinski definition) is 1. The van der Waals surface area contributed by atoms with Crippen molar-refractivity contribution >= 4 is 11.7 Å². The third-order valence-electron chi connectivity index (χ3n) is 2.86. The van der Waals surface area contributed by atoms with Crippen LogP contribution in [0.2, 0.25) is 0 Å². The maximum absolute atomic E-state index is 13.4. The van der Waals surface area contributed by atoms with E-state index in [1.165, 1.54) is 12.1 Å². The number of nitrogens with two attached hydrogens (primary N) is 1. The molecule has 5 heteroatoms. The summed E-state index contributed by atoms with van der Waals surface area (Å²) in [7, 11) is 0. The molecule has 0 atom stereocenters. The lowest BCUT2D eigenvalue weighted by Gasteiger charge is -2.08. The van der Waals surface area contributed by atoms with Gasteiger partial charge in [-0.05, 0) is 36.8 Å². The number of rotatable bonds is 3. The summed E-state index contributed by atoms with van der Waals surface area (Å²) in [6, 6.07) is 7.96. The standard InChI is InChI=1S/C15H13F2NO2/c1-9-2-5-12(18)7-13(9)15(19)20-8-10-3-4-11(16)6-14(10)17/h2-7H,8,18H2,1H3. The summed E-state index contributed by atoms with van der Waals surface area (Å²) in [5.74, 6) is -2.02. The highest BCUT2D eigenvalue weighted by molar-refractivity contribution is 5.92. The second-order valence-electron chi connectivity index (χ2n) is 4.39. The molecule has 2 rings (SSSR count). The molecule has 0 unspecified atom stereocenters. The number of aryl methyl sites for hydroxylation is 1. The summed E-state index contributed by atoms with van der Waals surface area (Å²) in [5, 5.41) is 0. The summed E-state index contributed by atoms with van der Waals surface area (Å²) in [6.45, 7) is 1.48. The molecule has 0 bridgehead atoms. The van der Waals surface area contributed by atoms with Crippen molar-refractivity contribution in [3.63, 3.8) is 0 Å². The molecule has 0 saturated carbocycles. The molecule has 0 aromatic heterocycles. The fourth-order valence-corrected chi connectivity index (χ4v) is 1.72. The van der Waals surface area contributed by atoms with Gasteiger partial charge in [0.2, 0.25) is 0 Å². The molecule has 0 aliphatic carbocycles. The number of carbonyl (C=O) groups is 1. The Morgan fingerprint density at radius 3 is 2.65 bits per heavy atom. The Bertz CT molecular complexity index is 656. The quantitative estimate of drug-likeness (QED) is 0.692. The van der Waals surface area contributed by atoms with Gasteiger partial charge in [-0.3, -0.25) is 0 Å². The number of esters is 1. The van der Waals surface area contributed by atoms with E-state index in [0.717, 1.165) is 12.1 Å². The van der Waals surface area contributed by atoms with Crippen LogP contribution in [0.1, 0.15) is 21.5 Å². The molecule has 0 spiro atoms. The van der Waals surface area contributed by atoms with E-state index >= 15 is 0 Å². The molecule has 2 N–H and O–H groups in total. The Balaban J connectivity index is 2.10. The molecule has 20 heavy (non-hydrogen) atoms. The molecule has 2 aromatic carbocycles. The number of nitrogen functional groups attached to an aromatic ring is 1. The van der Waals surface area contributed by atoms with E-state index in [-0.39, 0.29) is 12.2 Å². The first-order valence-electron chi connectivity index (χ1n) is 5.94. The van der Waals surface area contributed by atoms with Crippen molar-refractivity contribution in [1.29, 1.82) is 0 Å². The number of halogens is 2. The normalized spacial score (nSPS) is 10.3. The highest BCUT2D eigenvalue weighted by atomic mass is 19.1. The second kappa shape index (κ2) is 5.69. The highest BCUT2D eigenvalue weighted by Gasteiger charge is 2.12. The number of anilines is 1. The monoisotopic (exact) mass is 277 g/mol. The summed E-state index contributed by atoms with van der Waals surface area (Å²) < 4.78 is 31.2. The molecular formula is C15H13F2NO2. The Morgan fingerprint density at radius 2 is 1.95 bits per heavy atom. The first-order chi connectivity index (χ1) is 9.47. The van der Waals surface area contributed by atoms with E-state index in [4.69, 9.17) is 10.5 Å². The summed E-state index contributed by atoms with van der Waals surface area (Å²) >= 11 is 0. The van der Waals surface area contributed by atoms with Crippen LogP contribution in [0, 0.1) is 18.6 Å². The lowest BCUT2D eigenvalue weighted by atomic mass is 10.1. The van der Waals surface area contributed by atoms with Gasteiger partial charge >= 0.3 is 5.97 Å². The van der Waals surface area contributed by atoms with Crippen LogP contribution in [-0.2, 0) is 11.3 Å². The van der Waals surface area contributed by atoms with E-state index in [0.29, 0.717) is 16.8 Å². The molecule has 104 valence electrons. The van der Waals surface area contributed by atoms with Gasteiger partial charge in [-0.1, -0.05) is 6.07 Å². The predicted molar refractivity (Wildman–Crippen MR) is 71.1 cm³/mol. The van der Waals surface area contributed by atoms with E-state index < -0.39 is 17.6 Å². The molecule has 0 aliphatic heterocycles. The van der Waals surface area contributed by atoms with Crippen molar-refractivity contribution in [1.82, 2.24) is 0 Å². The van der Waals surface area contributed by atoms with E-state index in [2.05, 4.69) is 0 Å². The summed E-state index contributed by atoms with van der Waals surface area (Å²) in [5.41, 5.74) is 7.19. The Hall–Kier alpha value is -2.43. The highest BCUT2D eigenvalue weighted by Crippen LogP contribution is 2.16. The number of carbonyl (C=O) groups excluding carboxylic acids is 1. The lowest BCUT2D eigenvalue weighted by Crippen LogP contribution is -2.08. The maximum atomic E-state index is 13.4. The topological polar surface area (TPSA) is 52.3 Å². The molecule has 0 amide bonds. The Morgan fingerprint density at radius 1 is 1.20 bits per heavy atom. The van der Waals surface area contributed by atoms with Crippen molar-refractivity contribution in [3.8, 4) is 0 Å². The van der Waals surface area contributed by atoms with Crippen LogP contribution < -0.4 is 5.73 Å². The summed E-state index contributed by atoms with van der Waals surface area (Å²) in [4.78, 5) is 11.9. The van der Waals surface area contributed by atoms with Gasteiger partial charge in [0.1, 0.15) is 18.2 Å². The van der Waals surface area contributed by atoms with Crippen molar-refractivity contribution in [2.45, 2.75) is 13.5 Å². The van der Waals surface area contributed by atoms with E-state index in [1.807, 2.05) is 0 Å². The smallest absolute Gasteiger partial charge is 0.338 e. The first kappa shape index (κ1) is 14.0. The third kappa shape index (κ3) is 3.12. The zero-order valence-corrected chi connectivity index (χ0v) is 10.8. The minimum absolute atomic E-state index is 0.112. The van der Waals surface area contributed by atoms with Crippen molar-refractivity contribution in [2.24, 2.45) is 0 Å². The number of benzene rings is 2. The molecule has 0 radical (unpaired) electrons.